The van der Waals surface area contributed by atoms with E-state index in [0.29, 0.717) is 48.1 Å². The van der Waals surface area contributed by atoms with Gasteiger partial charge in [0.05, 0.1) is 0 Å². The van der Waals surface area contributed by atoms with Crippen LogP contribution in [0.4, 0.5) is 0 Å². The molecular weight excluding hydrogens is 296 g/mol. The number of allylic oxidation sites excluding steroid dienone is 1. The van der Waals surface area contributed by atoms with Crippen molar-refractivity contribution in [1.82, 2.24) is 0 Å². The third-order valence-electron chi connectivity index (χ3n) is 9.16. The molecule has 0 N–H and O–H groups in total. The number of fused-ring (bicyclic) bond motifs is 5. The second-order valence-electron chi connectivity index (χ2n) is 10.3. The van der Waals surface area contributed by atoms with Crippen molar-refractivity contribution in [1.29, 1.82) is 0 Å². The third-order valence-corrected chi connectivity index (χ3v) is 9.16. The number of ketones is 2. The summed E-state index contributed by atoms with van der Waals surface area (Å²) in [6.07, 6.45) is 6.50. The molecule has 0 bridgehead atoms. The van der Waals surface area contributed by atoms with Crippen molar-refractivity contribution >= 4 is 11.6 Å². The van der Waals surface area contributed by atoms with E-state index in [0.717, 1.165) is 32.1 Å². The summed E-state index contributed by atoms with van der Waals surface area (Å²) in [4.78, 5) is 24.9. The van der Waals surface area contributed by atoms with Gasteiger partial charge in [0.15, 0.2) is 0 Å². The fraction of sp³-hybridized carbons (Fsp3) is 0.818. The quantitative estimate of drug-likeness (QED) is 0.588. The minimum absolute atomic E-state index is 0.0234. The predicted molar refractivity (Wildman–Crippen MR) is 95.4 cm³/mol. The zero-order valence-electron chi connectivity index (χ0n) is 15.8. The Balaban J connectivity index is 1.78. The molecule has 0 aliphatic heterocycles. The Morgan fingerprint density at radius 2 is 1.71 bits per heavy atom. The summed E-state index contributed by atoms with van der Waals surface area (Å²) in [5, 5.41) is 0. The monoisotopic (exact) mass is 328 g/mol. The standard InChI is InChI=1S/C22H32O2/c1-13-10-15-16-6-7-19(24)21(16,4)9-8-17(15)22(5)18(13)11-14(23)12-20(22,2)3/h15-18H,1,6-12H2,2-5H3/t15-,16-,17-,18?,21-,22+/m0/s1. The zero-order chi connectivity index (χ0) is 17.5. The van der Waals surface area contributed by atoms with Crippen LogP contribution in [0, 0.1) is 39.9 Å². The van der Waals surface area contributed by atoms with Crippen molar-refractivity contribution in [2.75, 3.05) is 0 Å². The Hall–Kier alpha value is -0.920. The van der Waals surface area contributed by atoms with Crippen LogP contribution in [0.1, 0.15) is 72.6 Å². The van der Waals surface area contributed by atoms with E-state index in [9.17, 15) is 9.59 Å². The van der Waals surface area contributed by atoms with E-state index in [1.54, 1.807) is 0 Å². The maximum absolute atomic E-state index is 12.6. The van der Waals surface area contributed by atoms with Gasteiger partial charge in [-0.1, -0.05) is 39.8 Å². The van der Waals surface area contributed by atoms with E-state index < -0.39 is 0 Å². The van der Waals surface area contributed by atoms with E-state index in [2.05, 4.69) is 34.3 Å². The second kappa shape index (κ2) is 4.83. The molecule has 6 atom stereocenters. The molecule has 0 aromatic rings. The summed E-state index contributed by atoms with van der Waals surface area (Å²) in [5.41, 5.74) is 1.38. The molecule has 4 aliphatic rings. The summed E-state index contributed by atoms with van der Waals surface area (Å²) >= 11 is 0. The smallest absolute Gasteiger partial charge is 0.139 e. The summed E-state index contributed by atoms with van der Waals surface area (Å²) in [5.74, 6) is 3.03. The average molecular weight is 328 g/mol. The number of carbonyl (C=O) groups excluding carboxylic acids is 2. The fourth-order valence-electron chi connectivity index (χ4n) is 7.53. The molecule has 4 rings (SSSR count). The van der Waals surface area contributed by atoms with Crippen LogP contribution in [0.5, 0.6) is 0 Å². The summed E-state index contributed by atoms with van der Waals surface area (Å²) in [7, 11) is 0. The van der Waals surface area contributed by atoms with Gasteiger partial charge >= 0.3 is 0 Å². The summed E-state index contributed by atoms with van der Waals surface area (Å²) < 4.78 is 0. The minimum atomic E-state index is -0.0841. The van der Waals surface area contributed by atoms with Gasteiger partial charge in [0, 0.05) is 24.7 Å². The van der Waals surface area contributed by atoms with Crippen molar-refractivity contribution in [2.45, 2.75) is 72.6 Å². The highest BCUT2D eigenvalue weighted by molar-refractivity contribution is 5.87. The SMILES string of the molecule is C=C1C[C@@H]2[C@H](CC[C@]3(C)C(=O)CC[C@@H]23)[C@]2(C)C1CC(=O)CC2(C)C. The molecule has 1 unspecified atom stereocenters. The first-order valence-electron chi connectivity index (χ1n) is 9.84. The highest BCUT2D eigenvalue weighted by Gasteiger charge is 2.65. The van der Waals surface area contributed by atoms with Gasteiger partial charge in [-0.15, -0.1) is 0 Å². The van der Waals surface area contributed by atoms with Gasteiger partial charge in [-0.05, 0) is 60.2 Å². The molecule has 0 amide bonds. The van der Waals surface area contributed by atoms with Gasteiger partial charge in [0.25, 0.3) is 0 Å². The van der Waals surface area contributed by atoms with Crippen molar-refractivity contribution < 1.29 is 9.59 Å². The van der Waals surface area contributed by atoms with E-state index in [-0.39, 0.29) is 16.2 Å². The number of hydrogen-bond donors (Lipinski definition) is 0. The highest BCUT2D eigenvalue weighted by atomic mass is 16.1. The molecule has 0 spiro atoms. The molecule has 0 aromatic heterocycles. The first-order chi connectivity index (χ1) is 11.1. The lowest BCUT2D eigenvalue weighted by molar-refractivity contribution is -0.161. The number of Topliss-reactive ketones (excluding diaryl/α,β-unsaturated/α-hetero) is 2. The number of hydrogen-bond acceptors (Lipinski definition) is 2. The molecule has 24 heavy (non-hydrogen) atoms. The first kappa shape index (κ1) is 16.5. The Labute approximate surface area is 146 Å². The van der Waals surface area contributed by atoms with Crippen molar-refractivity contribution in [2.24, 2.45) is 39.9 Å². The molecule has 4 aliphatic carbocycles. The van der Waals surface area contributed by atoms with Gasteiger partial charge in [0.2, 0.25) is 0 Å². The van der Waals surface area contributed by atoms with Gasteiger partial charge in [-0.2, -0.15) is 0 Å². The predicted octanol–water partition coefficient (Wildman–Crippen LogP) is 4.97. The molecule has 4 fully saturated rings. The van der Waals surface area contributed by atoms with Crippen LogP contribution in [0.15, 0.2) is 12.2 Å². The summed E-state index contributed by atoms with van der Waals surface area (Å²) in [6, 6.07) is 0. The molecular formula is C22H32O2. The first-order valence-corrected chi connectivity index (χ1v) is 9.84. The van der Waals surface area contributed by atoms with E-state index in [1.165, 1.54) is 5.57 Å². The third kappa shape index (κ3) is 1.83. The lowest BCUT2D eigenvalue weighted by atomic mass is 9.39. The van der Waals surface area contributed by atoms with E-state index in [1.807, 2.05) is 0 Å². The van der Waals surface area contributed by atoms with Crippen LogP contribution in [-0.2, 0) is 9.59 Å². The Morgan fingerprint density at radius 1 is 1.00 bits per heavy atom. The molecule has 0 heterocycles. The molecule has 132 valence electrons. The van der Waals surface area contributed by atoms with Crippen molar-refractivity contribution in [3.8, 4) is 0 Å². The lowest BCUT2D eigenvalue weighted by Gasteiger charge is -2.65. The number of rotatable bonds is 0. The van der Waals surface area contributed by atoms with Gasteiger partial charge in [0.1, 0.15) is 11.6 Å². The number of carbonyl (C=O) groups is 2. The second-order valence-corrected chi connectivity index (χ2v) is 10.3. The molecule has 0 radical (unpaired) electrons. The summed E-state index contributed by atoms with van der Waals surface area (Å²) in [6.45, 7) is 13.7. The van der Waals surface area contributed by atoms with Gasteiger partial charge in [-0.25, -0.2) is 0 Å². The van der Waals surface area contributed by atoms with Crippen molar-refractivity contribution in [3.63, 3.8) is 0 Å². The maximum Gasteiger partial charge on any atom is 0.139 e. The zero-order valence-corrected chi connectivity index (χ0v) is 15.8. The Kier molecular flexibility index (Phi) is 3.33. The van der Waals surface area contributed by atoms with Crippen LogP contribution >= 0.6 is 0 Å². The largest absolute Gasteiger partial charge is 0.300 e. The lowest BCUT2D eigenvalue weighted by Crippen LogP contribution is -2.60. The van der Waals surface area contributed by atoms with Crippen LogP contribution < -0.4 is 0 Å². The average Bonchev–Trinajstić information content (AvgIpc) is 2.78. The van der Waals surface area contributed by atoms with Gasteiger partial charge in [-0.3, -0.25) is 9.59 Å². The fourth-order valence-corrected chi connectivity index (χ4v) is 7.53. The van der Waals surface area contributed by atoms with Crippen molar-refractivity contribution in [3.05, 3.63) is 12.2 Å². The molecule has 4 saturated carbocycles. The normalized spacial score (nSPS) is 50.2. The van der Waals surface area contributed by atoms with Crippen LogP contribution in [-0.4, -0.2) is 11.6 Å². The molecule has 2 nitrogen and oxygen atoms in total. The van der Waals surface area contributed by atoms with Crippen LogP contribution in [0.25, 0.3) is 0 Å². The van der Waals surface area contributed by atoms with Crippen LogP contribution in [0.2, 0.25) is 0 Å². The Morgan fingerprint density at radius 3 is 2.42 bits per heavy atom. The van der Waals surface area contributed by atoms with E-state index >= 15 is 0 Å². The molecule has 0 saturated heterocycles. The molecule has 0 aromatic carbocycles. The van der Waals surface area contributed by atoms with Crippen LogP contribution in [0.3, 0.4) is 0 Å². The topological polar surface area (TPSA) is 34.1 Å². The Bertz CT molecular complexity index is 630. The maximum atomic E-state index is 12.6. The van der Waals surface area contributed by atoms with E-state index in [4.69, 9.17) is 0 Å². The highest BCUT2D eigenvalue weighted by Crippen LogP contribution is 2.69. The minimum Gasteiger partial charge on any atom is -0.300 e. The van der Waals surface area contributed by atoms with Gasteiger partial charge < -0.3 is 0 Å². The molecule has 2 heteroatoms.